The monoisotopic (exact) mass is 86.1 g/mol. The van der Waals surface area contributed by atoms with Crippen molar-refractivity contribution in [2.45, 2.75) is 0 Å². The summed E-state index contributed by atoms with van der Waals surface area (Å²) in [4.78, 5) is 0. The lowest BCUT2D eigenvalue weighted by molar-refractivity contribution is 0.354. The molecule has 0 aromatic rings. The summed E-state index contributed by atoms with van der Waals surface area (Å²) in [7, 11) is 1.85. The molecule has 34 valence electrons. The fourth-order valence-electron chi connectivity index (χ4n) is 0.252. The van der Waals surface area contributed by atoms with Crippen molar-refractivity contribution in [2.24, 2.45) is 5.10 Å². The van der Waals surface area contributed by atoms with Crippen molar-refractivity contribution >= 4 is 6.34 Å². The molecule has 0 aliphatic carbocycles. The highest BCUT2D eigenvalue weighted by Gasteiger charge is 1.90. The highest BCUT2D eigenvalue weighted by Crippen LogP contribution is 1.68. The topological polar surface area (TPSA) is 39.7 Å². The average Bonchev–Trinajstić information content (AvgIpc) is 1.86. The molecule has 1 rings (SSSR count). The molecule has 1 aliphatic heterocycles. The third kappa shape index (κ3) is 0.414. The van der Waals surface area contributed by atoms with E-state index in [-0.39, 0.29) is 0 Å². The van der Waals surface area contributed by atoms with Crippen molar-refractivity contribution in [3.05, 3.63) is 0 Å². The number of hydrogen-bond donors (Lipinski definition) is 2. The lowest BCUT2D eigenvalue weighted by Gasteiger charge is -2.01. The van der Waals surface area contributed by atoms with Gasteiger partial charge in [0.05, 0.1) is 0 Å². The summed E-state index contributed by atoms with van der Waals surface area (Å²) < 4.78 is 0. The fourth-order valence-corrected chi connectivity index (χ4v) is 0.252. The first kappa shape index (κ1) is 3.42. The Balaban J connectivity index is 2.38. The molecule has 0 saturated heterocycles. The Morgan fingerprint density at radius 1 is 1.83 bits per heavy atom. The van der Waals surface area contributed by atoms with Gasteiger partial charge < -0.3 is 0 Å². The molecule has 0 bridgehead atoms. The molecule has 0 unspecified atom stereocenters. The molecule has 4 heteroatoms. The van der Waals surface area contributed by atoms with Crippen molar-refractivity contribution in [1.29, 1.82) is 0 Å². The second-order valence-corrected chi connectivity index (χ2v) is 1.08. The SMILES string of the molecule is CN1C=NNN1. The first-order chi connectivity index (χ1) is 2.89. The summed E-state index contributed by atoms with van der Waals surface area (Å²) in [5.74, 6) is 0. The van der Waals surface area contributed by atoms with Gasteiger partial charge in [0, 0.05) is 7.05 Å². The van der Waals surface area contributed by atoms with E-state index in [9.17, 15) is 0 Å². The van der Waals surface area contributed by atoms with Gasteiger partial charge in [-0.05, 0) is 0 Å². The van der Waals surface area contributed by atoms with Crippen molar-refractivity contribution in [3.8, 4) is 0 Å². The van der Waals surface area contributed by atoms with E-state index in [0.717, 1.165) is 0 Å². The molecule has 1 heterocycles. The summed E-state index contributed by atoms with van der Waals surface area (Å²) in [6, 6.07) is 0. The summed E-state index contributed by atoms with van der Waals surface area (Å²) in [5, 5.41) is 5.31. The molecule has 0 amide bonds. The summed E-state index contributed by atoms with van der Waals surface area (Å²) in [6.45, 7) is 0. The highest BCUT2D eigenvalue weighted by atomic mass is 15.8. The minimum absolute atomic E-state index is 1.64. The normalized spacial score (nSPS) is 18.5. The van der Waals surface area contributed by atoms with E-state index in [0.29, 0.717) is 0 Å². The van der Waals surface area contributed by atoms with Gasteiger partial charge in [0.15, 0.2) is 0 Å². The van der Waals surface area contributed by atoms with Gasteiger partial charge in [-0.25, -0.2) is 5.53 Å². The number of hydrogen-bond acceptors (Lipinski definition) is 4. The lowest BCUT2D eigenvalue weighted by atomic mass is 11.1. The van der Waals surface area contributed by atoms with Crippen LogP contribution in [0.4, 0.5) is 0 Å². The quantitative estimate of drug-likeness (QED) is 0.392. The van der Waals surface area contributed by atoms with Crippen LogP contribution in [0.15, 0.2) is 5.10 Å². The van der Waals surface area contributed by atoms with Gasteiger partial charge in [0.25, 0.3) is 0 Å². The van der Waals surface area contributed by atoms with Crippen LogP contribution in [0.3, 0.4) is 0 Å². The van der Waals surface area contributed by atoms with Gasteiger partial charge >= 0.3 is 0 Å². The van der Waals surface area contributed by atoms with E-state index in [1.54, 1.807) is 11.3 Å². The van der Waals surface area contributed by atoms with Crippen molar-refractivity contribution in [2.75, 3.05) is 7.05 Å². The summed E-state index contributed by atoms with van der Waals surface area (Å²) in [6.07, 6.45) is 1.64. The maximum absolute atomic E-state index is 3.60. The zero-order valence-corrected chi connectivity index (χ0v) is 3.47. The molecule has 0 aromatic heterocycles. The van der Waals surface area contributed by atoms with Crippen LogP contribution >= 0.6 is 0 Å². The predicted octanol–water partition coefficient (Wildman–Crippen LogP) is -1.12. The van der Waals surface area contributed by atoms with E-state index < -0.39 is 0 Å². The average molecular weight is 86.1 g/mol. The van der Waals surface area contributed by atoms with Gasteiger partial charge in [-0.15, -0.1) is 5.53 Å². The number of hydrazone groups is 1. The fraction of sp³-hybridized carbons (Fsp3) is 0.500. The zero-order valence-electron chi connectivity index (χ0n) is 3.47. The third-order valence-electron chi connectivity index (χ3n) is 0.522. The molecule has 4 nitrogen and oxygen atoms in total. The molecule has 6 heavy (non-hydrogen) atoms. The Labute approximate surface area is 35.8 Å². The van der Waals surface area contributed by atoms with E-state index in [4.69, 9.17) is 0 Å². The smallest absolute Gasteiger partial charge is 0.128 e. The molecule has 1 aliphatic rings. The minimum atomic E-state index is 1.64. The Hall–Kier alpha value is -0.770. The van der Waals surface area contributed by atoms with Gasteiger partial charge in [-0.1, -0.05) is 0 Å². The zero-order chi connectivity index (χ0) is 4.41. The number of nitrogens with one attached hydrogen (secondary N) is 2. The van der Waals surface area contributed by atoms with Gasteiger partial charge in [-0.3, -0.25) is 5.01 Å². The van der Waals surface area contributed by atoms with E-state index >= 15 is 0 Å². The third-order valence-corrected chi connectivity index (χ3v) is 0.522. The van der Waals surface area contributed by atoms with Crippen LogP contribution in [0.1, 0.15) is 0 Å². The molecular weight excluding hydrogens is 80.0 g/mol. The van der Waals surface area contributed by atoms with Crippen LogP contribution in [-0.2, 0) is 0 Å². The molecule has 0 aromatic carbocycles. The molecule has 0 atom stereocenters. The standard InChI is InChI=1S/C2H6N4/c1-6-2-3-4-5-6/h2,4-5H,1H3. The second kappa shape index (κ2) is 1.14. The van der Waals surface area contributed by atoms with Crippen LogP contribution in [0.25, 0.3) is 0 Å². The minimum Gasteiger partial charge on any atom is -0.281 e. The van der Waals surface area contributed by atoms with Gasteiger partial charge in [-0.2, -0.15) is 5.10 Å². The molecule has 0 saturated carbocycles. The maximum Gasteiger partial charge on any atom is 0.128 e. The first-order valence-corrected chi connectivity index (χ1v) is 1.66. The summed E-state index contributed by atoms with van der Waals surface area (Å²) >= 11 is 0. The van der Waals surface area contributed by atoms with Crippen LogP contribution < -0.4 is 11.1 Å². The molecular formula is C2H6N4. The Morgan fingerprint density at radius 2 is 2.67 bits per heavy atom. The molecule has 0 spiro atoms. The Bertz CT molecular complexity index is 67.9. The van der Waals surface area contributed by atoms with E-state index in [2.05, 4.69) is 16.2 Å². The molecule has 2 N–H and O–H groups in total. The maximum atomic E-state index is 3.60. The van der Waals surface area contributed by atoms with Gasteiger partial charge in [0.2, 0.25) is 0 Å². The highest BCUT2D eigenvalue weighted by molar-refractivity contribution is 5.54. The van der Waals surface area contributed by atoms with Crippen LogP contribution in [-0.4, -0.2) is 18.4 Å². The van der Waals surface area contributed by atoms with E-state index in [1.165, 1.54) is 0 Å². The van der Waals surface area contributed by atoms with Crippen LogP contribution in [0, 0.1) is 0 Å². The Morgan fingerprint density at radius 3 is 2.83 bits per heavy atom. The van der Waals surface area contributed by atoms with E-state index in [1.807, 2.05) is 7.05 Å². The number of rotatable bonds is 0. The van der Waals surface area contributed by atoms with Gasteiger partial charge in [0.1, 0.15) is 6.34 Å². The van der Waals surface area contributed by atoms with Crippen LogP contribution in [0.2, 0.25) is 0 Å². The molecule has 0 radical (unpaired) electrons. The number of nitrogens with zero attached hydrogens (tertiary/aromatic N) is 2. The van der Waals surface area contributed by atoms with Crippen LogP contribution in [0.5, 0.6) is 0 Å². The lowest BCUT2D eigenvalue weighted by Crippen LogP contribution is -2.33. The number of hydrazine groups is 2. The summed E-state index contributed by atoms with van der Waals surface area (Å²) in [5.41, 5.74) is 5.20. The largest absolute Gasteiger partial charge is 0.281 e. The first-order valence-electron chi connectivity index (χ1n) is 1.66. The van der Waals surface area contributed by atoms with Crippen molar-refractivity contribution in [3.63, 3.8) is 0 Å². The molecule has 0 fully saturated rings. The Kier molecular flexibility index (Phi) is 0.648. The van der Waals surface area contributed by atoms with Crippen molar-refractivity contribution in [1.82, 2.24) is 16.1 Å². The van der Waals surface area contributed by atoms with Crippen molar-refractivity contribution < 1.29 is 0 Å². The second-order valence-electron chi connectivity index (χ2n) is 1.08. The predicted molar refractivity (Wildman–Crippen MR) is 22.5 cm³/mol.